The van der Waals surface area contributed by atoms with Crippen LogP contribution >= 0.6 is 0 Å². The number of ether oxygens (including phenoxy) is 1. The number of hydrogen-bond donors (Lipinski definition) is 0. The Hall–Kier alpha value is -2.60. The molecule has 6 heteroatoms. The average Bonchev–Trinajstić information content (AvgIpc) is 3.20. The van der Waals surface area contributed by atoms with Crippen LogP contribution in [0.3, 0.4) is 0 Å². The summed E-state index contributed by atoms with van der Waals surface area (Å²) in [5.74, 6) is -0.0215. The summed E-state index contributed by atoms with van der Waals surface area (Å²) in [4.78, 5) is 29.3. The van der Waals surface area contributed by atoms with E-state index in [1.165, 1.54) is 5.56 Å². The van der Waals surface area contributed by atoms with E-state index in [-0.39, 0.29) is 24.4 Å². The van der Waals surface area contributed by atoms with Crippen LogP contribution in [0.25, 0.3) is 0 Å². The molecule has 1 aromatic heterocycles. The van der Waals surface area contributed by atoms with Gasteiger partial charge in [-0.2, -0.15) is 0 Å². The third-order valence-electron chi connectivity index (χ3n) is 5.38. The van der Waals surface area contributed by atoms with E-state index in [1.807, 2.05) is 49.2 Å². The third kappa shape index (κ3) is 7.87. The lowest BCUT2D eigenvalue weighted by Crippen LogP contribution is -2.46. The van der Waals surface area contributed by atoms with Gasteiger partial charge in [0, 0.05) is 44.6 Å². The Morgan fingerprint density at radius 3 is 2.45 bits per heavy atom. The second-order valence-electron chi connectivity index (χ2n) is 8.14. The van der Waals surface area contributed by atoms with Crippen molar-refractivity contribution in [1.82, 2.24) is 14.4 Å². The molecule has 0 aliphatic heterocycles. The summed E-state index contributed by atoms with van der Waals surface area (Å²) in [5, 5.41) is 0. The van der Waals surface area contributed by atoms with E-state index in [2.05, 4.69) is 29.7 Å². The number of rotatable bonds is 13. The van der Waals surface area contributed by atoms with Gasteiger partial charge in [0.15, 0.2) is 0 Å². The molecular weight excluding hydrogens is 390 g/mol. The monoisotopic (exact) mass is 427 g/mol. The van der Waals surface area contributed by atoms with Crippen LogP contribution in [0.15, 0.2) is 48.7 Å². The van der Waals surface area contributed by atoms with Crippen molar-refractivity contribution in [2.75, 3.05) is 26.8 Å². The number of benzene rings is 1. The van der Waals surface area contributed by atoms with Crippen molar-refractivity contribution in [3.05, 3.63) is 59.9 Å². The van der Waals surface area contributed by atoms with Crippen LogP contribution in [-0.2, 0) is 27.4 Å². The lowest BCUT2D eigenvalue weighted by atomic mass is 10.2. The molecule has 0 N–H and O–H groups in total. The lowest BCUT2D eigenvalue weighted by Gasteiger charge is -2.30. The Morgan fingerprint density at radius 1 is 1.06 bits per heavy atom. The van der Waals surface area contributed by atoms with Crippen LogP contribution in [-0.4, -0.2) is 59.0 Å². The minimum absolute atomic E-state index is 0.0170. The molecule has 0 saturated heterocycles. The molecule has 2 amide bonds. The van der Waals surface area contributed by atoms with E-state index < -0.39 is 0 Å². The fourth-order valence-corrected chi connectivity index (χ4v) is 3.49. The quantitative estimate of drug-likeness (QED) is 0.487. The summed E-state index contributed by atoms with van der Waals surface area (Å²) < 4.78 is 7.33. The maximum Gasteiger partial charge on any atom is 0.242 e. The number of hydrogen-bond acceptors (Lipinski definition) is 3. The molecule has 0 aliphatic rings. The molecule has 0 bridgehead atoms. The maximum atomic E-state index is 13.2. The van der Waals surface area contributed by atoms with Gasteiger partial charge in [0.1, 0.15) is 0 Å². The number of methoxy groups -OCH3 is 1. The standard InChI is InChI=1S/C25H37N3O3/c1-5-6-14-24(29)27(16-17-31-4)20-25(30)28(21(2)3)19-23-13-10-15-26(23)18-22-11-8-7-9-12-22/h7-13,15,21H,5-6,14,16-20H2,1-4H3. The molecule has 0 fully saturated rings. The van der Waals surface area contributed by atoms with Gasteiger partial charge in [-0.3, -0.25) is 9.59 Å². The molecule has 0 spiro atoms. The fourth-order valence-electron chi connectivity index (χ4n) is 3.49. The molecule has 170 valence electrons. The normalized spacial score (nSPS) is 11.0. The molecule has 0 saturated carbocycles. The minimum Gasteiger partial charge on any atom is -0.383 e. The molecule has 0 unspecified atom stereocenters. The Labute approximate surface area is 186 Å². The van der Waals surface area contributed by atoms with Crippen LogP contribution in [0.2, 0.25) is 0 Å². The summed E-state index contributed by atoms with van der Waals surface area (Å²) in [6.07, 6.45) is 4.30. The maximum absolute atomic E-state index is 13.2. The highest BCUT2D eigenvalue weighted by molar-refractivity contribution is 5.85. The third-order valence-corrected chi connectivity index (χ3v) is 5.38. The zero-order valence-corrected chi connectivity index (χ0v) is 19.4. The van der Waals surface area contributed by atoms with Crippen molar-refractivity contribution in [3.63, 3.8) is 0 Å². The highest BCUT2D eigenvalue weighted by Crippen LogP contribution is 2.14. The first-order chi connectivity index (χ1) is 15.0. The minimum atomic E-state index is -0.0385. The number of amides is 2. The van der Waals surface area contributed by atoms with E-state index in [4.69, 9.17) is 4.74 Å². The fraction of sp³-hybridized carbons (Fsp3) is 0.520. The Bertz CT molecular complexity index is 801. The largest absolute Gasteiger partial charge is 0.383 e. The van der Waals surface area contributed by atoms with Gasteiger partial charge in [-0.15, -0.1) is 0 Å². The van der Waals surface area contributed by atoms with E-state index in [1.54, 1.807) is 12.0 Å². The van der Waals surface area contributed by atoms with Gasteiger partial charge in [0.25, 0.3) is 0 Å². The molecule has 31 heavy (non-hydrogen) atoms. The SMILES string of the molecule is CCCCC(=O)N(CCOC)CC(=O)N(Cc1cccn1Cc1ccccc1)C(C)C. The summed E-state index contributed by atoms with van der Waals surface area (Å²) in [6.45, 7) is 8.30. The first-order valence-electron chi connectivity index (χ1n) is 11.2. The van der Waals surface area contributed by atoms with Crippen LogP contribution in [0.1, 0.15) is 51.3 Å². The van der Waals surface area contributed by atoms with Crippen molar-refractivity contribution in [3.8, 4) is 0 Å². The summed E-state index contributed by atoms with van der Waals surface area (Å²) >= 11 is 0. The smallest absolute Gasteiger partial charge is 0.242 e. The zero-order chi connectivity index (χ0) is 22.6. The summed E-state index contributed by atoms with van der Waals surface area (Å²) in [6, 6.07) is 14.4. The van der Waals surface area contributed by atoms with Gasteiger partial charge < -0.3 is 19.1 Å². The highest BCUT2D eigenvalue weighted by Gasteiger charge is 2.23. The molecule has 2 rings (SSSR count). The predicted molar refractivity (Wildman–Crippen MR) is 124 cm³/mol. The van der Waals surface area contributed by atoms with E-state index >= 15 is 0 Å². The van der Waals surface area contributed by atoms with Crippen LogP contribution in [0, 0.1) is 0 Å². The molecule has 1 aromatic carbocycles. The van der Waals surface area contributed by atoms with Gasteiger partial charge in [-0.05, 0) is 38.0 Å². The van der Waals surface area contributed by atoms with Crippen molar-refractivity contribution < 1.29 is 14.3 Å². The van der Waals surface area contributed by atoms with Gasteiger partial charge >= 0.3 is 0 Å². The number of unbranched alkanes of at least 4 members (excludes halogenated alkanes) is 1. The average molecular weight is 428 g/mol. The molecule has 0 atom stereocenters. The lowest BCUT2D eigenvalue weighted by molar-refractivity contribution is -0.142. The first kappa shape index (κ1) is 24.7. The number of nitrogens with zero attached hydrogens (tertiary/aromatic N) is 3. The van der Waals surface area contributed by atoms with Crippen molar-refractivity contribution in [2.45, 2.75) is 59.2 Å². The second-order valence-corrected chi connectivity index (χ2v) is 8.14. The molecule has 0 aliphatic carbocycles. The number of aromatic nitrogens is 1. The van der Waals surface area contributed by atoms with E-state index in [9.17, 15) is 9.59 Å². The molecular formula is C25H37N3O3. The zero-order valence-electron chi connectivity index (χ0n) is 19.4. The van der Waals surface area contributed by atoms with Crippen LogP contribution < -0.4 is 0 Å². The summed E-state index contributed by atoms with van der Waals surface area (Å²) in [7, 11) is 1.61. The van der Waals surface area contributed by atoms with E-state index in [0.29, 0.717) is 26.1 Å². The van der Waals surface area contributed by atoms with Crippen molar-refractivity contribution >= 4 is 11.8 Å². The molecule has 0 radical (unpaired) electrons. The van der Waals surface area contributed by atoms with Gasteiger partial charge in [0.2, 0.25) is 11.8 Å². The Balaban J connectivity index is 2.09. The van der Waals surface area contributed by atoms with Crippen molar-refractivity contribution in [2.24, 2.45) is 0 Å². The van der Waals surface area contributed by atoms with Crippen LogP contribution in [0.4, 0.5) is 0 Å². The topological polar surface area (TPSA) is 54.8 Å². The Morgan fingerprint density at radius 2 is 1.81 bits per heavy atom. The molecule has 1 heterocycles. The highest BCUT2D eigenvalue weighted by atomic mass is 16.5. The van der Waals surface area contributed by atoms with Gasteiger partial charge in [0.05, 0.1) is 19.7 Å². The number of carbonyl (C=O) groups is 2. The molecule has 2 aromatic rings. The van der Waals surface area contributed by atoms with Gasteiger partial charge in [-0.25, -0.2) is 0 Å². The first-order valence-corrected chi connectivity index (χ1v) is 11.2. The van der Waals surface area contributed by atoms with Crippen molar-refractivity contribution in [1.29, 1.82) is 0 Å². The number of carbonyl (C=O) groups excluding carboxylic acids is 2. The summed E-state index contributed by atoms with van der Waals surface area (Å²) in [5.41, 5.74) is 2.29. The van der Waals surface area contributed by atoms with Crippen LogP contribution in [0.5, 0.6) is 0 Å². The van der Waals surface area contributed by atoms with E-state index in [0.717, 1.165) is 25.1 Å². The molecule has 6 nitrogen and oxygen atoms in total. The second kappa shape index (κ2) is 13.0. The van der Waals surface area contributed by atoms with Gasteiger partial charge in [-0.1, -0.05) is 43.7 Å². The predicted octanol–water partition coefficient (Wildman–Crippen LogP) is 3.94. The Kier molecular flexibility index (Phi) is 10.3.